The van der Waals surface area contributed by atoms with Gasteiger partial charge in [-0.25, -0.2) is 4.98 Å². The standard InChI is InChI=1S/C16H10ClN3O2S2/c17-11-4-1-3-10(7-11)14-19-20-16(22-14)24-9-12-8-23-15(18-12)13-5-2-6-21-13/h1-8H,9H2. The zero-order valence-corrected chi connectivity index (χ0v) is 14.6. The van der Waals surface area contributed by atoms with Gasteiger partial charge in [0.15, 0.2) is 10.8 Å². The summed E-state index contributed by atoms with van der Waals surface area (Å²) in [5.41, 5.74) is 1.74. The van der Waals surface area contributed by atoms with Gasteiger partial charge in [0.05, 0.1) is 12.0 Å². The van der Waals surface area contributed by atoms with Gasteiger partial charge >= 0.3 is 0 Å². The summed E-state index contributed by atoms with van der Waals surface area (Å²) in [6.45, 7) is 0. The number of thioether (sulfide) groups is 1. The molecular weight excluding hydrogens is 366 g/mol. The quantitative estimate of drug-likeness (QED) is 0.435. The van der Waals surface area contributed by atoms with E-state index in [-0.39, 0.29) is 0 Å². The fourth-order valence-electron chi connectivity index (χ4n) is 2.03. The van der Waals surface area contributed by atoms with Crippen molar-refractivity contribution in [3.8, 4) is 22.2 Å². The molecule has 0 saturated heterocycles. The average Bonchev–Trinajstić information content (AvgIpc) is 3.33. The lowest BCUT2D eigenvalue weighted by molar-refractivity contribution is 0.466. The van der Waals surface area contributed by atoms with Crippen LogP contribution in [-0.4, -0.2) is 15.2 Å². The molecule has 0 spiro atoms. The lowest BCUT2D eigenvalue weighted by atomic mass is 10.2. The summed E-state index contributed by atoms with van der Waals surface area (Å²) in [5.74, 6) is 1.88. The molecule has 5 nitrogen and oxygen atoms in total. The Morgan fingerprint density at radius 1 is 1.17 bits per heavy atom. The number of nitrogens with zero attached hydrogens (tertiary/aromatic N) is 3. The van der Waals surface area contributed by atoms with Gasteiger partial charge in [-0.15, -0.1) is 21.5 Å². The minimum Gasteiger partial charge on any atom is -0.462 e. The number of aromatic nitrogens is 3. The summed E-state index contributed by atoms with van der Waals surface area (Å²) < 4.78 is 11.0. The van der Waals surface area contributed by atoms with Crippen molar-refractivity contribution in [2.45, 2.75) is 11.0 Å². The highest BCUT2D eigenvalue weighted by atomic mass is 35.5. The molecule has 0 bridgehead atoms. The van der Waals surface area contributed by atoms with Crippen LogP contribution in [0.4, 0.5) is 0 Å². The number of benzene rings is 1. The SMILES string of the molecule is Clc1cccc(-c2nnc(SCc3csc(-c4ccco4)n3)o2)c1. The lowest BCUT2D eigenvalue weighted by Crippen LogP contribution is -1.81. The van der Waals surface area contributed by atoms with Crippen LogP contribution in [0.3, 0.4) is 0 Å². The average molecular weight is 376 g/mol. The van der Waals surface area contributed by atoms with Gasteiger partial charge in [0, 0.05) is 21.7 Å². The van der Waals surface area contributed by atoms with Crippen LogP contribution in [0.25, 0.3) is 22.2 Å². The molecule has 24 heavy (non-hydrogen) atoms. The van der Waals surface area contributed by atoms with Gasteiger partial charge in [-0.2, -0.15) is 0 Å². The van der Waals surface area contributed by atoms with Gasteiger partial charge in [-0.05, 0) is 30.3 Å². The Morgan fingerprint density at radius 2 is 2.12 bits per heavy atom. The van der Waals surface area contributed by atoms with E-state index in [0.29, 0.717) is 21.9 Å². The van der Waals surface area contributed by atoms with Crippen molar-refractivity contribution >= 4 is 34.7 Å². The van der Waals surface area contributed by atoms with E-state index < -0.39 is 0 Å². The first-order valence-corrected chi connectivity index (χ1v) is 9.23. The summed E-state index contributed by atoms with van der Waals surface area (Å²) in [6, 6.07) is 11.1. The van der Waals surface area contributed by atoms with Gasteiger partial charge < -0.3 is 8.83 Å². The molecule has 0 saturated carbocycles. The summed E-state index contributed by atoms with van der Waals surface area (Å²) in [7, 11) is 0. The number of rotatable bonds is 5. The Balaban J connectivity index is 1.43. The number of hydrogen-bond acceptors (Lipinski definition) is 7. The fraction of sp³-hybridized carbons (Fsp3) is 0.0625. The van der Waals surface area contributed by atoms with E-state index in [0.717, 1.165) is 22.0 Å². The second-order valence-corrected chi connectivity index (χ2v) is 7.01. The Labute approximate surface area is 150 Å². The van der Waals surface area contributed by atoms with E-state index in [1.165, 1.54) is 11.8 Å². The van der Waals surface area contributed by atoms with E-state index in [1.807, 2.05) is 29.6 Å². The molecule has 0 aliphatic rings. The molecule has 0 radical (unpaired) electrons. The predicted octanol–water partition coefficient (Wildman–Crippen LogP) is 5.40. The highest BCUT2D eigenvalue weighted by Crippen LogP contribution is 2.29. The van der Waals surface area contributed by atoms with E-state index in [1.54, 1.807) is 29.7 Å². The monoisotopic (exact) mass is 375 g/mol. The van der Waals surface area contributed by atoms with E-state index in [2.05, 4.69) is 15.2 Å². The molecule has 0 unspecified atom stereocenters. The largest absolute Gasteiger partial charge is 0.462 e. The summed E-state index contributed by atoms with van der Waals surface area (Å²) in [4.78, 5) is 4.54. The van der Waals surface area contributed by atoms with E-state index in [9.17, 15) is 0 Å². The Hall–Kier alpha value is -2.09. The molecule has 0 aliphatic carbocycles. The van der Waals surface area contributed by atoms with Crippen LogP contribution in [0.15, 0.2) is 62.1 Å². The number of halogens is 1. The van der Waals surface area contributed by atoms with Crippen molar-refractivity contribution in [1.29, 1.82) is 0 Å². The maximum Gasteiger partial charge on any atom is 0.277 e. The highest BCUT2D eigenvalue weighted by Gasteiger charge is 2.12. The normalized spacial score (nSPS) is 11.0. The lowest BCUT2D eigenvalue weighted by Gasteiger charge is -1.95. The molecule has 8 heteroatoms. The third-order valence-corrected chi connectivity index (χ3v) is 5.10. The summed E-state index contributed by atoms with van der Waals surface area (Å²) in [6.07, 6.45) is 1.64. The van der Waals surface area contributed by atoms with Crippen LogP contribution < -0.4 is 0 Å². The van der Waals surface area contributed by atoms with Gasteiger partial charge in [0.25, 0.3) is 5.22 Å². The maximum absolute atomic E-state index is 5.98. The van der Waals surface area contributed by atoms with Gasteiger partial charge in [-0.1, -0.05) is 29.4 Å². The van der Waals surface area contributed by atoms with Crippen LogP contribution >= 0.6 is 34.7 Å². The Kier molecular flexibility index (Phi) is 4.38. The molecule has 4 aromatic rings. The van der Waals surface area contributed by atoms with Crippen LogP contribution in [0.2, 0.25) is 5.02 Å². The second kappa shape index (κ2) is 6.80. The third-order valence-electron chi connectivity index (χ3n) is 3.11. The summed E-state index contributed by atoms with van der Waals surface area (Å²) >= 11 is 8.97. The molecule has 4 rings (SSSR count). The maximum atomic E-state index is 5.98. The van der Waals surface area contributed by atoms with Crippen LogP contribution in [-0.2, 0) is 5.75 Å². The molecule has 3 aromatic heterocycles. The van der Waals surface area contributed by atoms with E-state index in [4.69, 9.17) is 20.4 Å². The smallest absolute Gasteiger partial charge is 0.277 e. The fourth-order valence-corrected chi connectivity index (χ4v) is 3.77. The molecule has 3 heterocycles. The molecule has 0 atom stereocenters. The predicted molar refractivity (Wildman–Crippen MR) is 94.1 cm³/mol. The van der Waals surface area contributed by atoms with Crippen molar-refractivity contribution in [3.63, 3.8) is 0 Å². The number of furan rings is 1. The molecule has 0 N–H and O–H groups in total. The molecule has 0 aliphatic heterocycles. The van der Waals surface area contributed by atoms with Crippen molar-refractivity contribution in [1.82, 2.24) is 15.2 Å². The minimum absolute atomic E-state index is 0.453. The number of thiazole rings is 1. The first kappa shape index (κ1) is 15.4. The van der Waals surface area contributed by atoms with Crippen LogP contribution in [0, 0.1) is 0 Å². The van der Waals surface area contributed by atoms with Gasteiger partial charge in [0.1, 0.15) is 0 Å². The van der Waals surface area contributed by atoms with Crippen molar-refractivity contribution < 1.29 is 8.83 Å². The van der Waals surface area contributed by atoms with Crippen molar-refractivity contribution in [3.05, 3.63) is 58.8 Å². The second-order valence-electron chi connectivity index (χ2n) is 4.79. The molecule has 0 fully saturated rings. The Bertz CT molecular complexity index is 950. The van der Waals surface area contributed by atoms with Crippen LogP contribution in [0.5, 0.6) is 0 Å². The topological polar surface area (TPSA) is 65.0 Å². The first-order chi connectivity index (χ1) is 11.8. The summed E-state index contributed by atoms with van der Waals surface area (Å²) in [5, 5.41) is 12.1. The van der Waals surface area contributed by atoms with Gasteiger partial charge in [0.2, 0.25) is 5.89 Å². The molecule has 1 aromatic carbocycles. The zero-order chi connectivity index (χ0) is 16.4. The third kappa shape index (κ3) is 3.38. The molecule has 120 valence electrons. The highest BCUT2D eigenvalue weighted by molar-refractivity contribution is 7.98. The first-order valence-electron chi connectivity index (χ1n) is 6.98. The van der Waals surface area contributed by atoms with E-state index >= 15 is 0 Å². The van der Waals surface area contributed by atoms with Gasteiger partial charge in [-0.3, -0.25) is 0 Å². The molecule has 0 amide bonds. The number of hydrogen-bond donors (Lipinski definition) is 0. The van der Waals surface area contributed by atoms with Crippen molar-refractivity contribution in [2.24, 2.45) is 0 Å². The minimum atomic E-state index is 0.453. The molecular formula is C16H10ClN3O2S2. The van der Waals surface area contributed by atoms with Crippen molar-refractivity contribution in [2.75, 3.05) is 0 Å². The van der Waals surface area contributed by atoms with Crippen LogP contribution in [0.1, 0.15) is 5.69 Å². The zero-order valence-electron chi connectivity index (χ0n) is 12.2. The Morgan fingerprint density at radius 3 is 2.96 bits per heavy atom.